The van der Waals surface area contributed by atoms with Crippen LogP contribution in [0.5, 0.6) is 0 Å². The number of nitrogens with one attached hydrogen (secondary N) is 1. The molecule has 0 fully saturated rings. The highest BCUT2D eigenvalue weighted by Gasteiger charge is 2.16. The van der Waals surface area contributed by atoms with Crippen molar-refractivity contribution in [1.82, 2.24) is 9.97 Å². The van der Waals surface area contributed by atoms with Gasteiger partial charge >= 0.3 is 0 Å². The number of hydrogen-bond donors (Lipinski definition) is 2. The van der Waals surface area contributed by atoms with Gasteiger partial charge in [0.15, 0.2) is 11.0 Å². The largest absolute Gasteiger partial charge is 0.396 e. The molecule has 5 nitrogen and oxygen atoms in total. The highest BCUT2D eigenvalue weighted by Crippen LogP contribution is 2.27. The van der Waals surface area contributed by atoms with Crippen molar-refractivity contribution in [3.05, 3.63) is 44.5 Å². The summed E-state index contributed by atoms with van der Waals surface area (Å²) in [5.41, 5.74) is 5.41. The number of benzene rings is 1. The molecule has 0 atom stereocenters. The van der Waals surface area contributed by atoms with Gasteiger partial charge in [-0.2, -0.15) is 0 Å². The second kappa shape index (κ2) is 5.90. The van der Waals surface area contributed by atoms with Crippen LogP contribution >= 0.6 is 39.1 Å². The Morgan fingerprint density at radius 3 is 2.75 bits per heavy atom. The van der Waals surface area contributed by atoms with Crippen LogP contribution in [0.3, 0.4) is 0 Å². The third-order valence-corrected chi connectivity index (χ3v) is 3.71. The van der Waals surface area contributed by atoms with Gasteiger partial charge in [-0.15, -0.1) is 0 Å². The van der Waals surface area contributed by atoms with Crippen molar-refractivity contribution in [2.75, 3.05) is 11.1 Å². The van der Waals surface area contributed by atoms with Crippen LogP contribution in [0.1, 0.15) is 10.4 Å². The highest BCUT2D eigenvalue weighted by atomic mass is 79.9. The fourth-order valence-corrected chi connectivity index (χ4v) is 2.12. The van der Waals surface area contributed by atoms with Crippen LogP contribution in [0.15, 0.2) is 22.9 Å². The molecular weight excluding hydrogens is 374 g/mol. The molecule has 0 saturated carbocycles. The van der Waals surface area contributed by atoms with E-state index in [1.165, 1.54) is 6.07 Å². The van der Waals surface area contributed by atoms with Crippen LogP contribution in [0, 0.1) is 5.82 Å². The average Bonchev–Trinajstić information content (AvgIpc) is 2.39. The molecule has 3 N–H and O–H groups in total. The van der Waals surface area contributed by atoms with E-state index in [4.69, 9.17) is 28.9 Å². The Balaban J connectivity index is 2.33. The zero-order valence-corrected chi connectivity index (χ0v) is 12.7. The number of aromatic nitrogens is 2. The van der Waals surface area contributed by atoms with Gasteiger partial charge in [0, 0.05) is 4.47 Å². The lowest BCUT2D eigenvalue weighted by Crippen LogP contribution is -2.15. The Bertz CT molecular complexity index is 698. The Hall–Kier alpha value is -1.44. The zero-order chi connectivity index (χ0) is 14.9. The van der Waals surface area contributed by atoms with Crippen LogP contribution in [-0.2, 0) is 0 Å². The molecule has 0 aliphatic rings. The van der Waals surface area contributed by atoms with Crippen LogP contribution < -0.4 is 11.1 Å². The van der Waals surface area contributed by atoms with Crippen molar-refractivity contribution in [3.8, 4) is 0 Å². The fraction of sp³-hybridized carbons (Fsp3) is 0. The van der Waals surface area contributed by atoms with Gasteiger partial charge < -0.3 is 11.1 Å². The number of carbonyl (C=O) groups is 1. The van der Waals surface area contributed by atoms with Gasteiger partial charge in [-0.05, 0) is 28.1 Å². The second-order valence-corrected chi connectivity index (χ2v) is 5.23. The lowest BCUT2D eigenvalue weighted by atomic mass is 10.2. The molecule has 1 aromatic heterocycles. The average molecular weight is 380 g/mol. The summed E-state index contributed by atoms with van der Waals surface area (Å²) in [5, 5.41) is 2.46. The van der Waals surface area contributed by atoms with E-state index in [1.807, 2.05) is 0 Å². The smallest absolute Gasteiger partial charge is 0.258 e. The molecule has 2 rings (SSSR count). The number of carbonyl (C=O) groups excluding carboxylic acids is 1. The van der Waals surface area contributed by atoms with Gasteiger partial charge in [0.2, 0.25) is 0 Å². The van der Waals surface area contributed by atoms with Gasteiger partial charge in [-0.1, -0.05) is 23.2 Å². The fourth-order valence-electron chi connectivity index (χ4n) is 1.35. The Kier molecular flexibility index (Phi) is 4.42. The number of rotatable bonds is 2. The van der Waals surface area contributed by atoms with E-state index >= 15 is 0 Å². The predicted molar refractivity (Wildman–Crippen MR) is 78.5 cm³/mol. The minimum Gasteiger partial charge on any atom is -0.396 e. The Morgan fingerprint density at radius 2 is 2.05 bits per heavy atom. The van der Waals surface area contributed by atoms with Gasteiger partial charge in [0.05, 0.1) is 11.3 Å². The number of nitrogen functional groups attached to an aromatic ring is 1. The third kappa shape index (κ3) is 3.00. The molecule has 0 radical (unpaired) electrons. The van der Waals surface area contributed by atoms with Gasteiger partial charge in [-0.3, -0.25) is 4.79 Å². The maximum Gasteiger partial charge on any atom is 0.258 e. The molecule has 1 aromatic carbocycles. The molecule has 9 heteroatoms. The number of nitrogens with zero attached hydrogens (tertiary/aromatic N) is 2. The Labute approximate surface area is 131 Å². The predicted octanol–water partition coefficient (Wildman–Crippen LogP) is 3.52. The summed E-state index contributed by atoms with van der Waals surface area (Å²) in [6, 6.07) is 2.30. The molecule has 0 aliphatic heterocycles. The summed E-state index contributed by atoms with van der Waals surface area (Å²) in [5.74, 6) is -1.15. The van der Waals surface area contributed by atoms with Crippen LogP contribution in [-0.4, -0.2) is 15.9 Å². The highest BCUT2D eigenvalue weighted by molar-refractivity contribution is 9.10. The first-order chi connectivity index (χ1) is 9.40. The number of hydrogen-bond acceptors (Lipinski definition) is 4. The van der Waals surface area contributed by atoms with Gasteiger partial charge in [0.25, 0.3) is 5.91 Å². The molecule has 1 heterocycles. The van der Waals surface area contributed by atoms with Crippen molar-refractivity contribution in [2.45, 2.75) is 0 Å². The first kappa shape index (κ1) is 15.0. The lowest BCUT2D eigenvalue weighted by molar-refractivity contribution is 0.102. The summed E-state index contributed by atoms with van der Waals surface area (Å²) in [6.45, 7) is 0. The molecule has 0 bridgehead atoms. The van der Waals surface area contributed by atoms with Crippen molar-refractivity contribution >= 4 is 56.5 Å². The molecule has 0 aliphatic carbocycles. The zero-order valence-electron chi connectivity index (χ0n) is 9.62. The van der Waals surface area contributed by atoms with Crippen molar-refractivity contribution in [2.24, 2.45) is 0 Å². The van der Waals surface area contributed by atoms with Crippen molar-refractivity contribution < 1.29 is 9.18 Å². The van der Waals surface area contributed by atoms with Gasteiger partial charge in [-0.25, -0.2) is 14.4 Å². The molecule has 0 unspecified atom stereocenters. The molecular formula is C11H6BrCl2FN4O. The number of halogens is 4. The van der Waals surface area contributed by atoms with Crippen molar-refractivity contribution in [1.29, 1.82) is 0 Å². The monoisotopic (exact) mass is 378 g/mol. The van der Waals surface area contributed by atoms with E-state index in [-0.39, 0.29) is 31.7 Å². The first-order valence-electron chi connectivity index (χ1n) is 5.12. The van der Waals surface area contributed by atoms with E-state index < -0.39 is 11.7 Å². The minimum atomic E-state index is -0.628. The summed E-state index contributed by atoms with van der Waals surface area (Å²) >= 11 is 14.6. The molecule has 1 amide bonds. The third-order valence-electron chi connectivity index (χ3n) is 2.31. The molecule has 0 saturated heterocycles. The first-order valence-corrected chi connectivity index (χ1v) is 6.67. The topological polar surface area (TPSA) is 80.9 Å². The Morgan fingerprint density at radius 1 is 1.35 bits per heavy atom. The molecule has 0 spiro atoms. The second-order valence-electron chi connectivity index (χ2n) is 3.63. The number of anilines is 2. The van der Waals surface area contributed by atoms with E-state index in [9.17, 15) is 9.18 Å². The minimum absolute atomic E-state index is 0.00808. The van der Waals surface area contributed by atoms with E-state index in [2.05, 4.69) is 31.2 Å². The van der Waals surface area contributed by atoms with E-state index in [0.29, 0.717) is 0 Å². The van der Waals surface area contributed by atoms with E-state index in [1.54, 1.807) is 0 Å². The quantitative estimate of drug-likeness (QED) is 0.617. The maximum atomic E-state index is 13.2. The van der Waals surface area contributed by atoms with Crippen LogP contribution in [0.4, 0.5) is 15.9 Å². The van der Waals surface area contributed by atoms with Crippen LogP contribution in [0.25, 0.3) is 0 Å². The SMILES string of the molecule is Nc1cc(C(=O)Nc2ncnc(Cl)c2Cl)c(Br)cc1F. The molecule has 104 valence electrons. The van der Waals surface area contributed by atoms with E-state index in [0.717, 1.165) is 12.4 Å². The molecule has 20 heavy (non-hydrogen) atoms. The van der Waals surface area contributed by atoms with Gasteiger partial charge in [0.1, 0.15) is 17.2 Å². The summed E-state index contributed by atoms with van der Waals surface area (Å²) < 4.78 is 13.5. The standard InChI is InChI=1S/C11H6BrCl2FN4O/c12-5-2-6(15)7(16)1-4(5)11(20)19-10-8(13)9(14)17-3-18-10/h1-3H,16H2,(H,17,18,19,20). The van der Waals surface area contributed by atoms with Crippen molar-refractivity contribution in [3.63, 3.8) is 0 Å². The number of nitrogens with two attached hydrogens (primary N) is 1. The molecule has 2 aromatic rings. The summed E-state index contributed by atoms with van der Waals surface area (Å²) in [4.78, 5) is 19.5. The summed E-state index contributed by atoms with van der Waals surface area (Å²) in [7, 11) is 0. The number of amides is 1. The lowest BCUT2D eigenvalue weighted by Gasteiger charge is -2.09. The normalized spacial score (nSPS) is 10.4. The van der Waals surface area contributed by atoms with Crippen LogP contribution in [0.2, 0.25) is 10.2 Å². The summed E-state index contributed by atoms with van der Waals surface area (Å²) in [6.07, 6.45) is 1.15. The maximum absolute atomic E-state index is 13.2.